The second-order valence-corrected chi connectivity index (χ2v) is 4.43. The normalized spacial score (nSPS) is 13.8. The first-order chi connectivity index (χ1) is 8.07. The Morgan fingerprint density at radius 1 is 1.65 bits per heavy atom. The number of rotatable bonds is 6. The maximum Gasteiger partial charge on any atom is 0.170 e. The molecule has 0 aliphatic heterocycles. The van der Waals surface area contributed by atoms with Crippen LogP contribution in [0.5, 0.6) is 0 Å². The van der Waals surface area contributed by atoms with Gasteiger partial charge in [-0.1, -0.05) is 5.11 Å². The van der Waals surface area contributed by atoms with Crippen molar-refractivity contribution in [2.75, 3.05) is 6.54 Å². The summed E-state index contributed by atoms with van der Waals surface area (Å²) in [5.74, 6) is -0.142. The number of thiophene rings is 1. The number of Topliss-reactive ketones (excluding diaryl/α,β-unsaturated/α-hetero) is 1. The Morgan fingerprint density at radius 3 is 2.94 bits per heavy atom. The van der Waals surface area contributed by atoms with Crippen LogP contribution in [0.3, 0.4) is 0 Å². The van der Waals surface area contributed by atoms with Gasteiger partial charge in [0, 0.05) is 17.0 Å². The molecule has 17 heavy (non-hydrogen) atoms. The van der Waals surface area contributed by atoms with Crippen LogP contribution in [0.25, 0.3) is 10.4 Å². The number of hydrogen-bond donors (Lipinski definition) is 2. The Hall–Kier alpha value is -1.40. The van der Waals surface area contributed by atoms with Crippen molar-refractivity contribution >= 4 is 17.1 Å². The monoisotopic (exact) mass is 255 g/mol. The maximum absolute atomic E-state index is 11.3. The second-order valence-electron chi connectivity index (χ2n) is 3.52. The summed E-state index contributed by atoms with van der Waals surface area (Å²) in [4.78, 5) is 14.3. The van der Waals surface area contributed by atoms with E-state index in [1.54, 1.807) is 11.4 Å². The molecule has 2 unspecified atom stereocenters. The van der Waals surface area contributed by atoms with Crippen LogP contribution < -0.4 is 0 Å². The fraction of sp³-hybridized carbons (Fsp3) is 0.500. The SMILES string of the molecule is CC(=O)c1sccc1C(O)C(O)CCN=[N+]=[N-]. The largest absolute Gasteiger partial charge is 0.390 e. The van der Waals surface area contributed by atoms with Gasteiger partial charge in [0.1, 0.15) is 6.10 Å². The molecule has 0 fully saturated rings. The van der Waals surface area contributed by atoms with E-state index in [1.165, 1.54) is 18.3 Å². The second kappa shape index (κ2) is 6.36. The highest BCUT2D eigenvalue weighted by Gasteiger charge is 2.22. The topological polar surface area (TPSA) is 106 Å². The number of carbonyl (C=O) groups excluding carboxylic acids is 1. The molecule has 0 amide bonds. The summed E-state index contributed by atoms with van der Waals surface area (Å²) in [5, 5.41) is 24.5. The minimum absolute atomic E-state index is 0.105. The standard InChI is InChI=1S/C10H13N3O3S/c1-6(14)10-7(3-5-17-10)9(16)8(15)2-4-12-13-11/h3,5,8-9,15-16H,2,4H2,1H3. The fourth-order valence-corrected chi connectivity index (χ4v) is 2.28. The molecule has 0 aliphatic rings. The van der Waals surface area contributed by atoms with Gasteiger partial charge in [0.15, 0.2) is 5.78 Å². The lowest BCUT2D eigenvalue weighted by molar-refractivity contribution is 0.0149. The quantitative estimate of drug-likeness (QED) is 0.351. The maximum atomic E-state index is 11.3. The molecule has 0 aromatic carbocycles. The van der Waals surface area contributed by atoms with Gasteiger partial charge in [-0.3, -0.25) is 4.79 Å². The van der Waals surface area contributed by atoms with Crippen molar-refractivity contribution in [1.82, 2.24) is 0 Å². The zero-order valence-electron chi connectivity index (χ0n) is 9.28. The Morgan fingerprint density at radius 2 is 2.35 bits per heavy atom. The molecule has 0 saturated heterocycles. The van der Waals surface area contributed by atoms with Crippen molar-refractivity contribution in [3.05, 3.63) is 32.3 Å². The predicted octanol–water partition coefficient (Wildman–Crippen LogP) is 2.05. The third kappa shape index (κ3) is 3.54. The van der Waals surface area contributed by atoms with E-state index in [0.717, 1.165) is 0 Å². The minimum Gasteiger partial charge on any atom is -0.390 e. The van der Waals surface area contributed by atoms with Gasteiger partial charge in [0.05, 0.1) is 11.0 Å². The first-order valence-electron chi connectivity index (χ1n) is 5.03. The number of carbonyl (C=O) groups is 1. The van der Waals surface area contributed by atoms with E-state index >= 15 is 0 Å². The van der Waals surface area contributed by atoms with Gasteiger partial charge < -0.3 is 10.2 Å². The zero-order chi connectivity index (χ0) is 12.8. The first-order valence-corrected chi connectivity index (χ1v) is 5.91. The minimum atomic E-state index is -1.13. The summed E-state index contributed by atoms with van der Waals surface area (Å²) < 4.78 is 0. The molecular formula is C10H13N3O3S. The third-order valence-electron chi connectivity index (χ3n) is 2.29. The van der Waals surface area contributed by atoms with Crippen molar-refractivity contribution in [3.8, 4) is 0 Å². The molecule has 7 heteroatoms. The molecule has 0 aliphatic carbocycles. The molecular weight excluding hydrogens is 242 g/mol. The number of hydrogen-bond acceptors (Lipinski definition) is 5. The van der Waals surface area contributed by atoms with Gasteiger partial charge in [-0.2, -0.15) is 0 Å². The molecule has 1 aromatic heterocycles. The van der Waals surface area contributed by atoms with E-state index in [2.05, 4.69) is 10.0 Å². The highest BCUT2D eigenvalue weighted by molar-refractivity contribution is 7.12. The summed E-state index contributed by atoms with van der Waals surface area (Å²) in [6.07, 6.45) is -2.03. The number of nitrogens with zero attached hydrogens (tertiary/aromatic N) is 3. The van der Waals surface area contributed by atoms with E-state index in [4.69, 9.17) is 5.53 Å². The van der Waals surface area contributed by atoms with Gasteiger partial charge in [-0.15, -0.1) is 11.3 Å². The summed E-state index contributed by atoms with van der Waals surface area (Å²) in [7, 11) is 0. The summed E-state index contributed by atoms with van der Waals surface area (Å²) in [6, 6.07) is 1.61. The number of azide groups is 1. The van der Waals surface area contributed by atoms with Crippen molar-refractivity contribution in [3.63, 3.8) is 0 Å². The predicted molar refractivity (Wildman–Crippen MR) is 63.9 cm³/mol. The van der Waals surface area contributed by atoms with Crippen molar-refractivity contribution in [2.24, 2.45) is 5.11 Å². The first kappa shape index (κ1) is 13.7. The highest BCUT2D eigenvalue weighted by Crippen LogP contribution is 2.27. The Labute approximate surface area is 102 Å². The van der Waals surface area contributed by atoms with E-state index in [1.807, 2.05) is 0 Å². The highest BCUT2D eigenvalue weighted by atomic mass is 32.1. The molecule has 2 N–H and O–H groups in total. The van der Waals surface area contributed by atoms with Crippen molar-refractivity contribution < 1.29 is 15.0 Å². The molecule has 1 rings (SSSR count). The van der Waals surface area contributed by atoms with Crippen LogP contribution in [0.1, 0.15) is 34.7 Å². The lowest BCUT2D eigenvalue weighted by Gasteiger charge is -2.17. The van der Waals surface area contributed by atoms with Crippen LogP contribution in [-0.4, -0.2) is 28.6 Å². The van der Waals surface area contributed by atoms with Crippen LogP contribution in [-0.2, 0) is 0 Å². The number of aliphatic hydroxyl groups is 2. The van der Waals surface area contributed by atoms with E-state index < -0.39 is 12.2 Å². The van der Waals surface area contributed by atoms with Crippen LogP contribution in [0.15, 0.2) is 16.6 Å². The molecule has 0 spiro atoms. The molecule has 1 aromatic rings. The molecule has 6 nitrogen and oxygen atoms in total. The van der Waals surface area contributed by atoms with Crippen LogP contribution in [0.2, 0.25) is 0 Å². The Bertz CT molecular complexity index is 440. The van der Waals surface area contributed by atoms with Gasteiger partial charge in [0.25, 0.3) is 0 Å². The van der Waals surface area contributed by atoms with E-state index in [-0.39, 0.29) is 18.7 Å². The average Bonchev–Trinajstić information content (AvgIpc) is 2.77. The molecule has 92 valence electrons. The lowest BCUT2D eigenvalue weighted by atomic mass is 10.0. The van der Waals surface area contributed by atoms with Crippen molar-refractivity contribution in [2.45, 2.75) is 25.6 Å². The number of aliphatic hydroxyl groups excluding tert-OH is 2. The van der Waals surface area contributed by atoms with Crippen LogP contribution >= 0.6 is 11.3 Å². The molecule has 0 saturated carbocycles. The average molecular weight is 255 g/mol. The lowest BCUT2D eigenvalue weighted by Crippen LogP contribution is -2.20. The van der Waals surface area contributed by atoms with Crippen molar-refractivity contribution in [1.29, 1.82) is 0 Å². The van der Waals surface area contributed by atoms with E-state index in [9.17, 15) is 15.0 Å². The van der Waals surface area contributed by atoms with Gasteiger partial charge in [-0.25, -0.2) is 0 Å². The Kier molecular flexibility index (Phi) is 5.11. The smallest absolute Gasteiger partial charge is 0.170 e. The summed E-state index contributed by atoms with van der Waals surface area (Å²) in [5.41, 5.74) is 8.52. The Balaban J connectivity index is 2.74. The zero-order valence-corrected chi connectivity index (χ0v) is 10.1. The summed E-state index contributed by atoms with van der Waals surface area (Å²) in [6.45, 7) is 1.52. The third-order valence-corrected chi connectivity index (χ3v) is 3.32. The number of ketones is 1. The van der Waals surface area contributed by atoms with Gasteiger partial charge in [-0.05, 0) is 30.3 Å². The van der Waals surface area contributed by atoms with Crippen LogP contribution in [0.4, 0.5) is 0 Å². The van der Waals surface area contributed by atoms with Gasteiger partial charge >= 0.3 is 0 Å². The fourth-order valence-electron chi connectivity index (χ4n) is 1.44. The van der Waals surface area contributed by atoms with Gasteiger partial charge in [0.2, 0.25) is 0 Å². The molecule has 0 bridgehead atoms. The molecule has 1 heterocycles. The molecule has 2 atom stereocenters. The summed E-state index contributed by atoms with van der Waals surface area (Å²) >= 11 is 1.23. The van der Waals surface area contributed by atoms with Crippen LogP contribution in [0, 0.1) is 0 Å². The molecule has 0 radical (unpaired) electrons. The van der Waals surface area contributed by atoms with E-state index in [0.29, 0.717) is 10.4 Å².